The van der Waals surface area contributed by atoms with Crippen molar-refractivity contribution in [3.63, 3.8) is 0 Å². The van der Waals surface area contributed by atoms with Gasteiger partial charge in [0, 0.05) is 36.8 Å². The van der Waals surface area contributed by atoms with Gasteiger partial charge in [0.15, 0.2) is 5.11 Å². The number of nitrogens with zero attached hydrogens (tertiary/aromatic N) is 3. The number of aromatic nitrogens is 1. The summed E-state index contributed by atoms with van der Waals surface area (Å²) in [4.78, 5) is 29.0. The number of hydrogen-bond donors (Lipinski definition) is 1. The van der Waals surface area contributed by atoms with Crippen LogP contribution in [0.2, 0.25) is 0 Å². The molecule has 2 fully saturated rings. The minimum absolute atomic E-state index is 0.147. The van der Waals surface area contributed by atoms with E-state index >= 15 is 0 Å². The summed E-state index contributed by atoms with van der Waals surface area (Å²) in [6, 6.07) is 6.47. The van der Waals surface area contributed by atoms with Crippen LogP contribution in [0.3, 0.4) is 0 Å². The maximum atomic E-state index is 13.1. The number of likely N-dealkylation sites (N-methyl/N-ethyl adjacent to an activating group) is 1. The molecule has 158 valence electrons. The van der Waals surface area contributed by atoms with Crippen LogP contribution in [0.25, 0.3) is 17.0 Å². The highest BCUT2D eigenvalue weighted by atomic mass is 32.1. The normalized spacial score (nSPS) is 21.0. The second-order valence-electron chi connectivity index (χ2n) is 8.16. The number of piperidine rings is 1. The van der Waals surface area contributed by atoms with E-state index in [1.165, 1.54) is 16.9 Å². The van der Waals surface area contributed by atoms with Crippen LogP contribution >= 0.6 is 12.2 Å². The van der Waals surface area contributed by atoms with Crippen LogP contribution in [0, 0.1) is 0 Å². The van der Waals surface area contributed by atoms with Gasteiger partial charge in [-0.3, -0.25) is 14.5 Å². The van der Waals surface area contributed by atoms with Gasteiger partial charge in [-0.05, 0) is 56.5 Å². The number of nitrogens with one attached hydrogen (secondary N) is 1. The highest BCUT2D eigenvalue weighted by molar-refractivity contribution is 7.80. The van der Waals surface area contributed by atoms with Gasteiger partial charge < -0.3 is 14.8 Å². The van der Waals surface area contributed by atoms with E-state index in [1.807, 2.05) is 33.9 Å². The summed E-state index contributed by atoms with van der Waals surface area (Å²) in [5.74, 6) is 0.00551. The molecule has 2 amide bonds. The topological polar surface area (TPSA) is 57.6 Å². The van der Waals surface area contributed by atoms with Crippen LogP contribution < -0.4 is 5.32 Å². The molecule has 4 rings (SSSR count). The molecular formula is C23H28N4O2S. The van der Waals surface area contributed by atoms with Gasteiger partial charge in [0.1, 0.15) is 12.2 Å². The number of hydrogen-bond acceptors (Lipinski definition) is 3. The summed E-state index contributed by atoms with van der Waals surface area (Å²) in [6.07, 6.45) is 8.02. The lowest BCUT2D eigenvalue weighted by molar-refractivity contribution is -0.135. The highest BCUT2D eigenvalue weighted by Crippen LogP contribution is 2.28. The zero-order valence-corrected chi connectivity index (χ0v) is 18.6. The van der Waals surface area contributed by atoms with Crippen LogP contribution in [0.5, 0.6) is 0 Å². The minimum atomic E-state index is -0.147. The molecule has 1 aromatic heterocycles. The molecule has 2 aliphatic rings. The number of para-hydroxylation sites is 1. The van der Waals surface area contributed by atoms with Crippen molar-refractivity contribution in [1.29, 1.82) is 0 Å². The number of likely N-dealkylation sites (tertiary alicyclic amines) is 1. The van der Waals surface area contributed by atoms with Crippen molar-refractivity contribution >= 4 is 46.1 Å². The highest BCUT2D eigenvalue weighted by Gasteiger charge is 2.28. The third-order valence-electron chi connectivity index (χ3n) is 6.20. The smallest absolute Gasteiger partial charge is 0.276 e. The Kier molecular flexibility index (Phi) is 5.64. The lowest BCUT2D eigenvalue weighted by Gasteiger charge is -2.33. The summed E-state index contributed by atoms with van der Waals surface area (Å²) in [6.45, 7) is 5.39. The van der Waals surface area contributed by atoms with Gasteiger partial charge in [0.2, 0.25) is 5.91 Å². The van der Waals surface area contributed by atoms with Gasteiger partial charge >= 0.3 is 0 Å². The molecule has 0 aliphatic carbocycles. The first-order valence-electron chi connectivity index (χ1n) is 10.6. The molecule has 0 spiro atoms. The Morgan fingerprint density at radius 3 is 2.80 bits per heavy atom. The predicted molar refractivity (Wildman–Crippen MR) is 123 cm³/mol. The van der Waals surface area contributed by atoms with Gasteiger partial charge in [-0.2, -0.15) is 0 Å². The van der Waals surface area contributed by atoms with Gasteiger partial charge in [0.25, 0.3) is 5.91 Å². The van der Waals surface area contributed by atoms with E-state index in [4.69, 9.17) is 12.2 Å². The molecule has 0 bridgehead atoms. The first kappa shape index (κ1) is 20.6. The SMILES string of the molecule is CCc1cccc2c(/C=C3\NC(=S)N(C)C3=O)cn(CC(=O)N3CCCC[C@H]3C)c12. The van der Waals surface area contributed by atoms with Crippen molar-refractivity contribution < 1.29 is 9.59 Å². The molecule has 0 saturated carbocycles. The van der Waals surface area contributed by atoms with E-state index in [-0.39, 0.29) is 17.9 Å². The molecule has 2 aliphatic heterocycles. The molecule has 0 unspecified atom stereocenters. The number of amides is 2. The molecule has 2 aromatic rings. The second kappa shape index (κ2) is 8.22. The zero-order valence-electron chi connectivity index (χ0n) is 17.8. The number of benzene rings is 1. The van der Waals surface area contributed by atoms with Crippen LogP contribution in [0.1, 0.15) is 44.2 Å². The zero-order chi connectivity index (χ0) is 21.4. The summed E-state index contributed by atoms with van der Waals surface area (Å²) in [5, 5.41) is 4.43. The van der Waals surface area contributed by atoms with E-state index in [1.54, 1.807) is 7.05 Å². The number of thiocarbonyl (C=S) groups is 1. The van der Waals surface area contributed by atoms with Crippen molar-refractivity contribution in [2.45, 2.75) is 52.1 Å². The molecule has 1 aromatic carbocycles. The summed E-state index contributed by atoms with van der Waals surface area (Å²) in [7, 11) is 1.66. The van der Waals surface area contributed by atoms with Gasteiger partial charge in [-0.1, -0.05) is 25.1 Å². The third kappa shape index (κ3) is 3.62. The largest absolute Gasteiger partial charge is 0.338 e. The third-order valence-corrected chi connectivity index (χ3v) is 6.58. The molecule has 0 radical (unpaired) electrons. The average Bonchev–Trinajstić information content (AvgIpc) is 3.20. The number of rotatable bonds is 4. The Morgan fingerprint density at radius 1 is 1.33 bits per heavy atom. The number of carbonyl (C=O) groups excluding carboxylic acids is 2. The second-order valence-corrected chi connectivity index (χ2v) is 8.55. The molecular weight excluding hydrogens is 396 g/mol. The van der Waals surface area contributed by atoms with Crippen LogP contribution in [0.4, 0.5) is 0 Å². The predicted octanol–water partition coefficient (Wildman–Crippen LogP) is 3.29. The number of fused-ring (bicyclic) bond motifs is 1. The fraction of sp³-hybridized carbons (Fsp3) is 0.435. The summed E-state index contributed by atoms with van der Waals surface area (Å²) >= 11 is 5.19. The lowest BCUT2D eigenvalue weighted by Crippen LogP contribution is -2.43. The molecule has 1 N–H and O–H groups in total. The number of aryl methyl sites for hydroxylation is 1. The Labute approximate surface area is 182 Å². The van der Waals surface area contributed by atoms with Gasteiger partial charge in [-0.25, -0.2) is 0 Å². The van der Waals surface area contributed by atoms with Crippen LogP contribution in [0.15, 0.2) is 30.1 Å². The van der Waals surface area contributed by atoms with Crippen molar-refractivity contribution in [3.05, 3.63) is 41.2 Å². The molecule has 3 heterocycles. The average molecular weight is 425 g/mol. The van der Waals surface area contributed by atoms with E-state index in [2.05, 4.69) is 25.2 Å². The van der Waals surface area contributed by atoms with E-state index in [0.717, 1.165) is 42.3 Å². The molecule has 6 nitrogen and oxygen atoms in total. The van der Waals surface area contributed by atoms with Crippen molar-refractivity contribution in [1.82, 2.24) is 19.7 Å². The van der Waals surface area contributed by atoms with E-state index in [0.29, 0.717) is 17.4 Å². The molecule has 2 saturated heterocycles. The van der Waals surface area contributed by atoms with Gasteiger partial charge in [-0.15, -0.1) is 0 Å². The minimum Gasteiger partial charge on any atom is -0.338 e. The maximum absolute atomic E-state index is 13.1. The Hall–Kier alpha value is -2.67. The maximum Gasteiger partial charge on any atom is 0.276 e. The van der Waals surface area contributed by atoms with Crippen LogP contribution in [-0.4, -0.2) is 50.9 Å². The Morgan fingerprint density at radius 2 is 2.13 bits per heavy atom. The summed E-state index contributed by atoms with van der Waals surface area (Å²) < 4.78 is 2.05. The number of carbonyl (C=O) groups is 2. The molecule has 7 heteroatoms. The van der Waals surface area contributed by atoms with Crippen molar-refractivity contribution in [2.24, 2.45) is 0 Å². The first-order chi connectivity index (χ1) is 14.4. The van der Waals surface area contributed by atoms with Crippen molar-refractivity contribution in [3.8, 4) is 0 Å². The van der Waals surface area contributed by atoms with E-state index < -0.39 is 0 Å². The standard InChI is InChI=1S/C23H28N4O2S/c1-4-16-9-7-10-18-17(12-19-22(29)25(3)23(30)24-19)13-26(21(16)18)14-20(28)27-11-6-5-8-15(27)2/h7,9-10,12-13,15H,4-6,8,11,14H2,1-3H3,(H,24,30)/b19-12-/t15-/m1/s1. The fourth-order valence-electron chi connectivity index (χ4n) is 4.47. The van der Waals surface area contributed by atoms with E-state index in [9.17, 15) is 9.59 Å². The van der Waals surface area contributed by atoms with Gasteiger partial charge in [0.05, 0.1) is 5.52 Å². The Bertz CT molecular complexity index is 1050. The molecule has 1 atom stereocenters. The van der Waals surface area contributed by atoms with Crippen molar-refractivity contribution in [2.75, 3.05) is 13.6 Å². The van der Waals surface area contributed by atoms with Crippen LogP contribution in [-0.2, 0) is 22.6 Å². The lowest BCUT2D eigenvalue weighted by atomic mass is 10.0. The quantitative estimate of drug-likeness (QED) is 0.604. The fourth-order valence-corrected chi connectivity index (χ4v) is 4.67. The summed E-state index contributed by atoms with van der Waals surface area (Å²) in [5.41, 5.74) is 3.62. The Balaban J connectivity index is 1.74. The molecule has 30 heavy (non-hydrogen) atoms. The monoisotopic (exact) mass is 424 g/mol. The first-order valence-corrected chi connectivity index (χ1v) is 11.0.